The third-order valence-electron chi connectivity index (χ3n) is 6.29. The van der Waals surface area contributed by atoms with Crippen LogP contribution in [0, 0.1) is 0 Å². The normalized spacial score (nSPS) is 18.0. The second kappa shape index (κ2) is 8.90. The first-order valence-electron chi connectivity index (χ1n) is 11.0. The molecule has 1 heterocycles. The number of carbonyl (C=O) groups excluding carboxylic acids is 1. The highest BCUT2D eigenvalue weighted by molar-refractivity contribution is 7.89. The van der Waals surface area contributed by atoms with Crippen LogP contribution in [0.3, 0.4) is 0 Å². The number of hydrogen-bond donors (Lipinski definition) is 1. The maximum Gasteiger partial charge on any atom is 0.251 e. The number of fused-ring (bicyclic) bond motifs is 1. The first-order chi connectivity index (χ1) is 14.5. The summed E-state index contributed by atoms with van der Waals surface area (Å²) in [5.74, 6) is -0.238. The monoisotopic (exact) mass is 426 g/mol. The summed E-state index contributed by atoms with van der Waals surface area (Å²) in [5, 5.41) is 3.11. The summed E-state index contributed by atoms with van der Waals surface area (Å²) in [4.78, 5) is 13.2. The van der Waals surface area contributed by atoms with E-state index < -0.39 is 10.0 Å². The predicted octanol–water partition coefficient (Wildman–Crippen LogP) is 4.23. The van der Waals surface area contributed by atoms with E-state index in [1.165, 1.54) is 34.3 Å². The molecule has 1 atom stereocenters. The number of nitrogens with zero attached hydrogens (tertiary/aromatic N) is 1. The molecule has 2 aliphatic rings. The second-order valence-corrected chi connectivity index (χ2v) is 10.2. The summed E-state index contributed by atoms with van der Waals surface area (Å²) in [6, 6.07) is 12.9. The molecule has 1 saturated heterocycles. The van der Waals surface area contributed by atoms with Crippen molar-refractivity contribution in [2.45, 2.75) is 62.8 Å². The molecule has 6 heteroatoms. The fourth-order valence-electron chi connectivity index (χ4n) is 4.51. The van der Waals surface area contributed by atoms with Gasteiger partial charge in [-0.1, -0.05) is 31.2 Å². The molecular weight excluding hydrogens is 396 g/mol. The number of amides is 1. The van der Waals surface area contributed by atoms with Crippen molar-refractivity contribution >= 4 is 15.9 Å². The zero-order valence-corrected chi connectivity index (χ0v) is 18.4. The van der Waals surface area contributed by atoms with Crippen molar-refractivity contribution in [3.8, 4) is 0 Å². The molecule has 0 saturated carbocycles. The van der Waals surface area contributed by atoms with Crippen LogP contribution in [-0.4, -0.2) is 31.7 Å². The maximum absolute atomic E-state index is 13.0. The van der Waals surface area contributed by atoms with Gasteiger partial charge in [0.25, 0.3) is 5.91 Å². The van der Waals surface area contributed by atoms with E-state index in [4.69, 9.17) is 0 Å². The molecule has 0 spiro atoms. The molecule has 0 radical (unpaired) electrons. The molecule has 30 heavy (non-hydrogen) atoms. The van der Waals surface area contributed by atoms with Crippen LogP contribution in [0.5, 0.6) is 0 Å². The molecule has 0 unspecified atom stereocenters. The molecule has 0 bridgehead atoms. The largest absolute Gasteiger partial charge is 0.345 e. The van der Waals surface area contributed by atoms with Crippen molar-refractivity contribution in [2.24, 2.45) is 0 Å². The first-order valence-corrected chi connectivity index (χ1v) is 12.5. The fourth-order valence-corrected chi connectivity index (χ4v) is 6.07. The highest BCUT2D eigenvalue weighted by atomic mass is 32.2. The Morgan fingerprint density at radius 2 is 1.73 bits per heavy atom. The molecule has 1 amide bonds. The Balaban J connectivity index is 1.53. The minimum Gasteiger partial charge on any atom is -0.345 e. The van der Waals surface area contributed by atoms with E-state index in [1.54, 1.807) is 18.2 Å². The molecule has 4 rings (SSSR count). The lowest BCUT2D eigenvalue weighted by atomic mass is 9.88. The Morgan fingerprint density at radius 3 is 2.47 bits per heavy atom. The molecule has 2 aromatic carbocycles. The van der Waals surface area contributed by atoms with Gasteiger partial charge < -0.3 is 5.32 Å². The van der Waals surface area contributed by atoms with Crippen LogP contribution in [0.4, 0.5) is 0 Å². The number of benzene rings is 2. The molecule has 1 aliphatic heterocycles. The fraction of sp³-hybridized carbons (Fsp3) is 0.458. The van der Waals surface area contributed by atoms with Gasteiger partial charge in [0.15, 0.2) is 0 Å². The highest BCUT2D eigenvalue weighted by Crippen LogP contribution is 2.27. The third-order valence-corrected chi connectivity index (χ3v) is 8.18. The predicted molar refractivity (Wildman–Crippen MR) is 118 cm³/mol. The minimum absolute atomic E-state index is 0.0939. The first kappa shape index (κ1) is 21.1. The molecule has 0 aromatic heterocycles. The Labute approximate surface area is 179 Å². The van der Waals surface area contributed by atoms with E-state index in [2.05, 4.69) is 30.4 Å². The van der Waals surface area contributed by atoms with Crippen LogP contribution >= 0.6 is 0 Å². The van der Waals surface area contributed by atoms with Gasteiger partial charge in [-0.05, 0) is 79.8 Å². The van der Waals surface area contributed by atoms with Crippen LogP contribution in [0.1, 0.15) is 72.1 Å². The summed E-state index contributed by atoms with van der Waals surface area (Å²) >= 11 is 0. The van der Waals surface area contributed by atoms with Crippen molar-refractivity contribution in [3.63, 3.8) is 0 Å². The lowest BCUT2D eigenvalue weighted by Crippen LogP contribution is -2.30. The summed E-state index contributed by atoms with van der Waals surface area (Å²) in [7, 11) is -3.54. The minimum atomic E-state index is -3.54. The highest BCUT2D eigenvalue weighted by Gasteiger charge is 2.28. The van der Waals surface area contributed by atoms with Gasteiger partial charge >= 0.3 is 0 Å². The zero-order valence-electron chi connectivity index (χ0n) is 17.6. The molecule has 1 aliphatic carbocycles. The Morgan fingerprint density at radius 1 is 1.00 bits per heavy atom. The SMILES string of the molecule is CC[C@@H](NC(=O)c1cccc(S(=O)(=O)N2CCCC2)c1)c1ccc2c(c1)CCCC2. The van der Waals surface area contributed by atoms with Gasteiger partial charge in [0, 0.05) is 18.7 Å². The lowest BCUT2D eigenvalue weighted by Gasteiger charge is -2.22. The molecule has 1 N–H and O–H groups in total. The van der Waals surface area contributed by atoms with Gasteiger partial charge in [0.2, 0.25) is 10.0 Å². The van der Waals surface area contributed by atoms with Gasteiger partial charge in [0.1, 0.15) is 0 Å². The van der Waals surface area contributed by atoms with E-state index in [9.17, 15) is 13.2 Å². The maximum atomic E-state index is 13.0. The number of carbonyl (C=O) groups is 1. The molecular formula is C24H30N2O3S. The Bertz CT molecular complexity index is 1030. The van der Waals surface area contributed by atoms with Crippen molar-refractivity contribution in [1.29, 1.82) is 0 Å². The Kier molecular flexibility index (Phi) is 6.25. The van der Waals surface area contributed by atoms with E-state index in [1.807, 2.05) is 0 Å². The van der Waals surface area contributed by atoms with Crippen LogP contribution in [-0.2, 0) is 22.9 Å². The smallest absolute Gasteiger partial charge is 0.251 e. The molecule has 160 valence electrons. The molecule has 2 aromatic rings. The van der Waals surface area contributed by atoms with E-state index in [0.29, 0.717) is 18.7 Å². The standard InChI is InChI=1S/C24H30N2O3S/c1-2-23(20-13-12-18-8-3-4-9-19(18)16-20)25-24(27)21-10-7-11-22(17-21)30(28,29)26-14-5-6-15-26/h7,10-13,16-17,23H,2-6,8-9,14-15H2,1H3,(H,25,27)/t23-/m1/s1. The number of sulfonamides is 1. The topological polar surface area (TPSA) is 66.5 Å². The van der Waals surface area contributed by atoms with Gasteiger partial charge in [-0.2, -0.15) is 4.31 Å². The van der Waals surface area contributed by atoms with E-state index in [-0.39, 0.29) is 16.8 Å². The van der Waals surface area contributed by atoms with Gasteiger partial charge in [-0.15, -0.1) is 0 Å². The van der Waals surface area contributed by atoms with Crippen molar-refractivity contribution < 1.29 is 13.2 Å². The summed E-state index contributed by atoms with van der Waals surface area (Å²) in [5.41, 5.74) is 4.31. The molecule has 5 nitrogen and oxygen atoms in total. The van der Waals surface area contributed by atoms with Crippen LogP contribution in [0.25, 0.3) is 0 Å². The van der Waals surface area contributed by atoms with Crippen LogP contribution < -0.4 is 5.32 Å². The van der Waals surface area contributed by atoms with Crippen molar-refractivity contribution in [3.05, 3.63) is 64.7 Å². The van der Waals surface area contributed by atoms with Gasteiger partial charge in [-0.3, -0.25) is 4.79 Å². The van der Waals surface area contributed by atoms with Crippen molar-refractivity contribution in [2.75, 3.05) is 13.1 Å². The summed E-state index contributed by atoms with van der Waals surface area (Å²) in [6.07, 6.45) is 7.25. The van der Waals surface area contributed by atoms with Gasteiger partial charge in [-0.25, -0.2) is 8.42 Å². The number of nitrogens with one attached hydrogen (secondary N) is 1. The van der Waals surface area contributed by atoms with Crippen LogP contribution in [0.2, 0.25) is 0 Å². The van der Waals surface area contributed by atoms with E-state index >= 15 is 0 Å². The molecule has 1 fully saturated rings. The number of rotatable bonds is 6. The van der Waals surface area contributed by atoms with E-state index in [0.717, 1.165) is 37.7 Å². The summed E-state index contributed by atoms with van der Waals surface area (Å²) in [6.45, 7) is 3.16. The average molecular weight is 427 g/mol. The quantitative estimate of drug-likeness (QED) is 0.752. The lowest BCUT2D eigenvalue weighted by molar-refractivity contribution is 0.0935. The average Bonchev–Trinajstić information content (AvgIpc) is 3.33. The van der Waals surface area contributed by atoms with Crippen molar-refractivity contribution in [1.82, 2.24) is 9.62 Å². The van der Waals surface area contributed by atoms with Crippen LogP contribution in [0.15, 0.2) is 47.4 Å². The Hall–Kier alpha value is -2.18. The number of aryl methyl sites for hydroxylation is 2. The number of hydrogen-bond acceptors (Lipinski definition) is 3. The summed E-state index contributed by atoms with van der Waals surface area (Å²) < 4.78 is 27.2. The van der Waals surface area contributed by atoms with Gasteiger partial charge in [0.05, 0.1) is 10.9 Å². The third kappa shape index (κ3) is 4.30. The zero-order chi connectivity index (χ0) is 21.1. The second-order valence-electron chi connectivity index (χ2n) is 8.31.